The van der Waals surface area contributed by atoms with Crippen molar-refractivity contribution in [3.8, 4) is 0 Å². The van der Waals surface area contributed by atoms with E-state index in [1.807, 2.05) is 0 Å². The van der Waals surface area contributed by atoms with Gasteiger partial charge in [0.2, 0.25) is 5.91 Å². The minimum atomic E-state index is -4.55. The number of aromatic nitrogens is 1. The van der Waals surface area contributed by atoms with Gasteiger partial charge in [0.1, 0.15) is 0 Å². The van der Waals surface area contributed by atoms with E-state index in [1.165, 1.54) is 35.5 Å². The van der Waals surface area contributed by atoms with Gasteiger partial charge in [0.15, 0.2) is 0 Å². The standard InChI is InChI=1S/C20H17F3N4O2/c21-20(22,23)16-4-1-5-17(8-16)27(12-13-3-2-6-25-9-13)19(29)15-7-14(18(24)28)10-26-11-15/h1-10,14H,11-12H2,(H2,24,28). The highest BCUT2D eigenvalue weighted by Crippen LogP contribution is 2.32. The van der Waals surface area contributed by atoms with Crippen LogP contribution in [0.25, 0.3) is 0 Å². The number of aliphatic imine (C=N–C) groups is 1. The van der Waals surface area contributed by atoms with Crippen LogP contribution in [0.15, 0.2) is 65.4 Å². The van der Waals surface area contributed by atoms with E-state index in [1.54, 1.807) is 18.3 Å². The first-order valence-corrected chi connectivity index (χ1v) is 8.63. The zero-order valence-electron chi connectivity index (χ0n) is 15.1. The Kier molecular flexibility index (Phi) is 5.76. The fraction of sp³-hybridized carbons (Fsp3) is 0.200. The van der Waals surface area contributed by atoms with E-state index in [9.17, 15) is 22.8 Å². The SMILES string of the molecule is NC(=O)C1C=NCC(C(=O)N(Cc2cccnc2)c2cccc(C(F)(F)F)c2)=C1. The number of halogens is 3. The van der Waals surface area contributed by atoms with E-state index in [2.05, 4.69) is 9.98 Å². The minimum Gasteiger partial charge on any atom is -0.369 e. The maximum absolute atomic E-state index is 13.2. The topological polar surface area (TPSA) is 88.7 Å². The molecule has 0 bridgehead atoms. The average Bonchev–Trinajstić information content (AvgIpc) is 2.72. The second-order valence-corrected chi connectivity index (χ2v) is 6.41. The largest absolute Gasteiger partial charge is 0.416 e. The van der Waals surface area contributed by atoms with Gasteiger partial charge in [-0.1, -0.05) is 18.2 Å². The van der Waals surface area contributed by atoms with Crippen molar-refractivity contribution in [2.75, 3.05) is 11.4 Å². The van der Waals surface area contributed by atoms with Gasteiger partial charge in [-0.15, -0.1) is 0 Å². The number of anilines is 1. The minimum absolute atomic E-state index is 0.00369. The number of rotatable bonds is 5. The quantitative estimate of drug-likeness (QED) is 0.834. The molecule has 2 N–H and O–H groups in total. The second kappa shape index (κ2) is 8.26. The first kappa shape index (κ1) is 20.2. The normalized spacial score (nSPS) is 16.2. The van der Waals surface area contributed by atoms with Crippen LogP contribution in [0.3, 0.4) is 0 Å². The van der Waals surface area contributed by atoms with Crippen LogP contribution in [0.1, 0.15) is 11.1 Å². The number of pyridine rings is 1. The fourth-order valence-corrected chi connectivity index (χ4v) is 2.85. The summed E-state index contributed by atoms with van der Waals surface area (Å²) in [7, 11) is 0. The third-order valence-corrected chi connectivity index (χ3v) is 4.31. The lowest BCUT2D eigenvalue weighted by molar-refractivity contribution is -0.137. The van der Waals surface area contributed by atoms with Crippen LogP contribution >= 0.6 is 0 Å². The molecule has 3 rings (SSSR count). The van der Waals surface area contributed by atoms with E-state index < -0.39 is 29.5 Å². The number of dihydropyridines is 1. The van der Waals surface area contributed by atoms with Crippen LogP contribution in [0.2, 0.25) is 0 Å². The molecule has 1 aromatic heterocycles. The van der Waals surface area contributed by atoms with Crippen molar-refractivity contribution in [1.82, 2.24) is 4.98 Å². The summed E-state index contributed by atoms with van der Waals surface area (Å²) in [6.45, 7) is 0.00138. The molecule has 2 aromatic rings. The summed E-state index contributed by atoms with van der Waals surface area (Å²) < 4.78 is 39.5. The molecule has 9 heteroatoms. The monoisotopic (exact) mass is 402 g/mol. The van der Waals surface area contributed by atoms with Crippen LogP contribution in [0, 0.1) is 5.92 Å². The molecule has 2 amide bonds. The summed E-state index contributed by atoms with van der Waals surface area (Å²) in [6, 6.07) is 7.87. The lowest BCUT2D eigenvalue weighted by atomic mass is 10.0. The first-order valence-electron chi connectivity index (χ1n) is 8.63. The van der Waals surface area contributed by atoms with Crippen molar-refractivity contribution < 1.29 is 22.8 Å². The molecule has 0 radical (unpaired) electrons. The molecule has 0 saturated carbocycles. The van der Waals surface area contributed by atoms with Gasteiger partial charge in [-0.2, -0.15) is 13.2 Å². The number of hydrogen-bond acceptors (Lipinski definition) is 4. The number of amides is 2. The summed E-state index contributed by atoms with van der Waals surface area (Å²) in [5.74, 6) is -2.07. The van der Waals surface area contributed by atoms with E-state index in [0.717, 1.165) is 12.1 Å². The molecule has 2 heterocycles. The zero-order chi connectivity index (χ0) is 21.0. The summed E-state index contributed by atoms with van der Waals surface area (Å²) >= 11 is 0. The number of primary amides is 1. The molecule has 0 spiro atoms. The molecule has 0 fully saturated rings. The highest BCUT2D eigenvalue weighted by atomic mass is 19.4. The summed E-state index contributed by atoms with van der Waals surface area (Å²) in [5, 5.41) is 0. The fourth-order valence-electron chi connectivity index (χ4n) is 2.85. The molecule has 1 unspecified atom stereocenters. The van der Waals surface area contributed by atoms with Crippen LogP contribution in [-0.2, 0) is 22.3 Å². The third-order valence-electron chi connectivity index (χ3n) is 4.31. The Morgan fingerprint density at radius 1 is 1.21 bits per heavy atom. The Morgan fingerprint density at radius 3 is 2.66 bits per heavy atom. The molecule has 29 heavy (non-hydrogen) atoms. The number of nitrogens with two attached hydrogens (primary N) is 1. The Labute approximate surface area is 164 Å². The van der Waals surface area contributed by atoms with Crippen molar-refractivity contribution in [3.63, 3.8) is 0 Å². The first-order chi connectivity index (χ1) is 13.8. The summed E-state index contributed by atoms with van der Waals surface area (Å²) in [4.78, 5) is 33.8. The number of carbonyl (C=O) groups is 2. The molecule has 150 valence electrons. The third kappa shape index (κ3) is 4.87. The van der Waals surface area contributed by atoms with Gasteiger partial charge in [0, 0.05) is 29.9 Å². The van der Waals surface area contributed by atoms with Gasteiger partial charge in [-0.05, 0) is 29.8 Å². The predicted octanol–water partition coefficient (Wildman–Crippen LogP) is 2.75. The summed E-state index contributed by atoms with van der Waals surface area (Å²) in [6.07, 6.45) is 1.25. The molecule has 6 nitrogen and oxygen atoms in total. The van der Waals surface area contributed by atoms with E-state index >= 15 is 0 Å². The van der Waals surface area contributed by atoms with Gasteiger partial charge in [0.25, 0.3) is 5.91 Å². The Balaban J connectivity index is 2.00. The number of alkyl halides is 3. The van der Waals surface area contributed by atoms with E-state index in [-0.39, 0.29) is 24.4 Å². The molecule has 1 aromatic carbocycles. The Bertz CT molecular complexity index is 971. The Morgan fingerprint density at radius 2 is 2.00 bits per heavy atom. The molecule has 1 atom stereocenters. The van der Waals surface area contributed by atoms with Crippen LogP contribution in [-0.4, -0.2) is 29.6 Å². The second-order valence-electron chi connectivity index (χ2n) is 6.41. The lowest BCUT2D eigenvalue weighted by Crippen LogP contribution is -2.35. The maximum Gasteiger partial charge on any atom is 0.416 e. The molecule has 1 aliphatic rings. The molecule has 0 saturated heterocycles. The van der Waals surface area contributed by atoms with Crippen LogP contribution in [0.4, 0.5) is 18.9 Å². The highest BCUT2D eigenvalue weighted by molar-refractivity contribution is 6.08. The zero-order valence-corrected chi connectivity index (χ0v) is 15.1. The number of nitrogens with zero attached hydrogens (tertiary/aromatic N) is 3. The van der Waals surface area contributed by atoms with Gasteiger partial charge in [-0.25, -0.2) is 0 Å². The van der Waals surface area contributed by atoms with Crippen LogP contribution < -0.4 is 10.6 Å². The van der Waals surface area contributed by atoms with Crippen molar-refractivity contribution in [2.45, 2.75) is 12.7 Å². The summed E-state index contributed by atoms with van der Waals surface area (Å²) in [5.41, 5.74) is 5.28. The van der Waals surface area contributed by atoms with Crippen molar-refractivity contribution in [3.05, 3.63) is 71.6 Å². The smallest absolute Gasteiger partial charge is 0.369 e. The molecule has 1 aliphatic heterocycles. The number of benzene rings is 1. The average molecular weight is 402 g/mol. The molecular weight excluding hydrogens is 385 g/mol. The predicted molar refractivity (Wildman–Crippen MR) is 101 cm³/mol. The Hall–Kier alpha value is -3.49. The molecular formula is C20H17F3N4O2. The van der Waals surface area contributed by atoms with Gasteiger partial charge in [-0.3, -0.25) is 19.6 Å². The van der Waals surface area contributed by atoms with Gasteiger partial charge in [0.05, 0.1) is 24.6 Å². The highest BCUT2D eigenvalue weighted by Gasteiger charge is 2.32. The van der Waals surface area contributed by atoms with Crippen molar-refractivity contribution in [1.29, 1.82) is 0 Å². The van der Waals surface area contributed by atoms with E-state index in [0.29, 0.717) is 5.56 Å². The van der Waals surface area contributed by atoms with Crippen molar-refractivity contribution in [2.24, 2.45) is 16.6 Å². The van der Waals surface area contributed by atoms with Crippen molar-refractivity contribution >= 4 is 23.7 Å². The maximum atomic E-state index is 13.2. The van der Waals surface area contributed by atoms with E-state index in [4.69, 9.17) is 5.73 Å². The van der Waals surface area contributed by atoms with Crippen LogP contribution in [0.5, 0.6) is 0 Å². The van der Waals surface area contributed by atoms with Gasteiger partial charge < -0.3 is 10.6 Å². The molecule has 0 aliphatic carbocycles. The number of hydrogen-bond donors (Lipinski definition) is 1. The number of carbonyl (C=O) groups excluding carboxylic acids is 2. The lowest BCUT2D eigenvalue weighted by Gasteiger charge is -2.26. The van der Waals surface area contributed by atoms with Gasteiger partial charge >= 0.3 is 6.18 Å².